The van der Waals surface area contributed by atoms with Gasteiger partial charge in [-0.1, -0.05) is 49.7 Å². The molecular weight excluding hydrogens is 590 g/mol. The summed E-state index contributed by atoms with van der Waals surface area (Å²) in [6.45, 7) is 3.30. The molecule has 1 heterocycles. The highest BCUT2D eigenvalue weighted by atomic mass is 35.5. The van der Waals surface area contributed by atoms with Crippen LogP contribution in [0.25, 0.3) is 0 Å². The van der Waals surface area contributed by atoms with E-state index in [9.17, 15) is 19.2 Å². The van der Waals surface area contributed by atoms with Gasteiger partial charge in [-0.05, 0) is 30.8 Å². The topological polar surface area (TPSA) is 168 Å². The van der Waals surface area contributed by atoms with Crippen LogP contribution in [0.4, 0.5) is 0 Å². The van der Waals surface area contributed by atoms with Gasteiger partial charge >= 0.3 is 11.9 Å². The molecule has 12 nitrogen and oxygen atoms in total. The molecule has 240 valence electrons. The molecular formula is C31H42ClN5O7. The second-order valence-corrected chi connectivity index (χ2v) is 10.7. The maximum Gasteiger partial charge on any atom is 0.349 e. The molecule has 13 heteroatoms. The third-order valence-electron chi connectivity index (χ3n) is 6.75. The molecule has 0 aliphatic carbocycles. The quantitative estimate of drug-likeness (QED) is 0.147. The number of nitrogens with one attached hydrogen (secondary N) is 5. The van der Waals surface area contributed by atoms with Crippen LogP contribution in [0, 0.1) is 17.2 Å². The van der Waals surface area contributed by atoms with E-state index in [1.807, 2.05) is 6.92 Å². The Hall–Kier alpha value is -4.16. The van der Waals surface area contributed by atoms with Crippen LogP contribution in [-0.2, 0) is 35.1 Å². The minimum Gasteiger partial charge on any atom is -0.495 e. The lowest BCUT2D eigenvalue weighted by Gasteiger charge is -2.25. The van der Waals surface area contributed by atoms with Crippen LogP contribution in [0.1, 0.15) is 25.8 Å². The first-order chi connectivity index (χ1) is 21.0. The normalized spacial score (nSPS) is 24.0. The van der Waals surface area contributed by atoms with Crippen LogP contribution >= 0.6 is 11.6 Å². The van der Waals surface area contributed by atoms with Crippen molar-refractivity contribution in [3.63, 3.8) is 0 Å². The summed E-state index contributed by atoms with van der Waals surface area (Å²) in [5.74, 6) is -3.18. The molecule has 0 radical (unpaired) electrons. The van der Waals surface area contributed by atoms with Gasteiger partial charge in [-0.2, -0.15) is 0 Å². The number of ether oxygens (including phenoxy) is 3. The van der Waals surface area contributed by atoms with Gasteiger partial charge in [0.25, 0.3) is 0 Å². The first-order valence-corrected chi connectivity index (χ1v) is 14.6. The minimum atomic E-state index is -1.24. The zero-order chi connectivity index (χ0) is 32.6. The summed E-state index contributed by atoms with van der Waals surface area (Å²) in [5.41, 5.74) is 1.27. The third-order valence-corrected chi connectivity index (χ3v) is 7.04. The van der Waals surface area contributed by atoms with Crippen LogP contribution < -0.4 is 26.0 Å². The smallest absolute Gasteiger partial charge is 0.349 e. The highest BCUT2D eigenvalue weighted by Crippen LogP contribution is 2.25. The van der Waals surface area contributed by atoms with Gasteiger partial charge in [-0.15, -0.1) is 0 Å². The lowest BCUT2D eigenvalue weighted by atomic mass is 9.99. The molecule has 1 aliphatic rings. The molecule has 5 N–H and O–H groups in total. The fourth-order valence-electron chi connectivity index (χ4n) is 4.17. The molecule has 1 aromatic carbocycles. The highest BCUT2D eigenvalue weighted by molar-refractivity contribution is 6.32. The Balaban J connectivity index is 2.40. The van der Waals surface area contributed by atoms with E-state index in [1.54, 1.807) is 63.6 Å². The second kappa shape index (κ2) is 18.5. The largest absolute Gasteiger partial charge is 0.495 e. The number of halogens is 1. The highest BCUT2D eigenvalue weighted by Gasteiger charge is 2.31. The molecule has 0 fully saturated rings. The number of esters is 2. The van der Waals surface area contributed by atoms with Crippen molar-refractivity contribution in [3.8, 4) is 5.75 Å². The van der Waals surface area contributed by atoms with E-state index >= 15 is 0 Å². The van der Waals surface area contributed by atoms with Crippen molar-refractivity contribution in [1.82, 2.24) is 21.3 Å². The predicted molar refractivity (Wildman–Crippen MR) is 167 cm³/mol. The molecule has 1 aromatic rings. The number of amides is 2. The van der Waals surface area contributed by atoms with Crippen LogP contribution in [0.15, 0.2) is 54.3 Å². The van der Waals surface area contributed by atoms with E-state index in [4.69, 9.17) is 31.2 Å². The monoisotopic (exact) mass is 631 g/mol. The third kappa shape index (κ3) is 11.5. The SMILES string of the molecule is CN/C=C(C=N)/C=C/[C@@H](C)[C@@H]1C/C=C/C(=O)N[C@H](Cc2ccc(OC)c(Cl)c2)C(=O)NC[C@@H](C)C(=O)O[C@@H](CNC)C(=O)O1. The molecule has 0 spiro atoms. The van der Waals surface area contributed by atoms with Gasteiger partial charge in [0, 0.05) is 56.9 Å². The zero-order valence-corrected chi connectivity index (χ0v) is 26.4. The Bertz CT molecular complexity index is 1270. The fraction of sp³-hybridized carbons (Fsp3) is 0.452. The summed E-state index contributed by atoms with van der Waals surface area (Å²) in [5, 5.41) is 19.0. The number of carbonyl (C=O) groups is 4. The summed E-state index contributed by atoms with van der Waals surface area (Å²) < 4.78 is 16.5. The Kier molecular flexibility index (Phi) is 15.1. The molecule has 5 atom stereocenters. The number of hydrogen-bond donors (Lipinski definition) is 5. The van der Waals surface area contributed by atoms with Crippen molar-refractivity contribution in [2.45, 2.75) is 44.9 Å². The van der Waals surface area contributed by atoms with Crippen molar-refractivity contribution >= 4 is 41.6 Å². The summed E-state index contributed by atoms with van der Waals surface area (Å²) in [6.07, 6.45) is 7.40. The first-order valence-electron chi connectivity index (χ1n) is 14.2. The van der Waals surface area contributed by atoms with E-state index in [-0.39, 0.29) is 31.8 Å². The standard InChI is InChI=1S/C31H42ClN5O7/c1-19(9-10-22(15-33)17-34-3)25-7-6-8-28(38)37-24(14-21-11-12-26(42-5)23(32)13-21)29(39)36-16-20(2)30(40)44-27(18-35-4)31(41)43-25/h6,8-13,15,17,19-20,24-25,27,33-35H,7,14,16,18H2,1-5H3,(H,36,39)(H,37,38)/b8-6+,10-9+,22-17-,33-15?/t19-,20-,24-,25+,27+/m1/s1. The number of cyclic esters (lactones) is 2. The first kappa shape index (κ1) is 36.0. The van der Waals surface area contributed by atoms with Gasteiger partial charge in [0.1, 0.15) is 17.9 Å². The molecule has 0 saturated heterocycles. The average Bonchev–Trinajstić information content (AvgIpc) is 2.99. The van der Waals surface area contributed by atoms with Crippen molar-refractivity contribution in [1.29, 1.82) is 5.41 Å². The lowest BCUT2D eigenvalue weighted by Crippen LogP contribution is -2.49. The Morgan fingerprint density at radius 2 is 1.95 bits per heavy atom. The second-order valence-electron chi connectivity index (χ2n) is 10.3. The molecule has 0 aromatic heterocycles. The van der Waals surface area contributed by atoms with Crippen LogP contribution in [0.2, 0.25) is 5.02 Å². The number of rotatable bonds is 10. The molecule has 0 bridgehead atoms. The molecule has 0 unspecified atom stereocenters. The number of methoxy groups -OCH3 is 1. The van der Waals surface area contributed by atoms with E-state index < -0.39 is 47.9 Å². The number of allylic oxidation sites excluding steroid dienone is 2. The Labute approximate surface area is 263 Å². The molecule has 0 saturated carbocycles. The number of likely N-dealkylation sites (N-methyl/N-ethyl adjacent to an activating group) is 1. The van der Waals surface area contributed by atoms with Crippen molar-refractivity contribution in [2.24, 2.45) is 11.8 Å². The maximum absolute atomic E-state index is 13.2. The summed E-state index contributed by atoms with van der Waals surface area (Å²) in [4.78, 5) is 52.2. The number of hydrogen-bond acceptors (Lipinski definition) is 10. The van der Waals surface area contributed by atoms with Crippen molar-refractivity contribution in [2.75, 3.05) is 34.3 Å². The van der Waals surface area contributed by atoms with Crippen molar-refractivity contribution in [3.05, 3.63) is 64.9 Å². The molecule has 2 rings (SSSR count). The molecule has 1 aliphatic heterocycles. The number of benzene rings is 1. The Morgan fingerprint density at radius 3 is 2.59 bits per heavy atom. The fourth-order valence-corrected chi connectivity index (χ4v) is 4.45. The van der Waals surface area contributed by atoms with E-state index in [0.29, 0.717) is 21.9 Å². The lowest BCUT2D eigenvalue weighted by molar-refractivity contribution is -0.174. The van der Waals surface area contributed by atoms with E-state index in [0.717, 1.165) is 0 Å². The zero-order valence-electron chi connectivity index (χ0n) is 25.6. The van der Waals surface area contributed by atoms with Crippen LogP contribution in [0.5, 0.6) is 5.75 Å². The van der Waals surface area contributed by atoms with E-state index in [2.05, 4.69) is 21.3 Å². The predicted octanol–water partition coefficient (Wildman–Crippen LogP) is 2.08. The van der Waals surface area contributed by atoms with Crippen LogP contribution in [0.3, 0.4) is 0 Å². The van der Waals surface area contributed by atoms with Gasteiger partial charge in [0.15, 0.2) is 0 Å². The van der Waals surface area contributed by atoms with Gasteiger partial charge in [-0.25, -0.2) is 4.79 Å². The van der Waals surface area contributed by atoms with E-state index in [1.165, 1.54) is 19.4 Å². The average molecular weight is 632 g/mol. The van der Waals surface area contributed by atoms with Gasteiger partial charge in [-0.3, -0.25) is 14.4 Å². The number of carbonyl (C=O) groups excluding carboxylic acids is 4. The summed E-state index contributed by atoms with van der Waals surface area (Å²) >= 11 is 6.27. The van der Waals surface area contributed by atoms with Crippen LogP contribution in [-0.4, -0.2) is 82.5 Å². The summed E-state index contributed by atoms with van der Waals surface area (Å²) in [7, 11) is 4.81. The molecule has 2 amide bonds. The van der Waals surface area contributed by atoms with Gasteiger partial charge in [0.05, 0.1) is 18.1 Å². The Morgan fingerprint density at radius 1 is 1.20 bits per heavy atom. The van der Waals surface area contributed by atoms with Gasteiger partial charge < -0.3 is 40.9 Å². The summed E-state index contributed by atoms with van der Waals surface area (Å²) in [6, 6.07) is 4.08. The van der Waals surface area contributed by atoms with Gasteiger partial charge in [0.2, 0.25) is 17.9 Å². The minimum absolute atomic E-state index is 0.00813. The van der Waals surface area contributed by atoms with Crippen molar-refractivity contribution < 1.29 is 33.4 Å². The molecule has 44 heavy (non-hydrogen) atoms. The maximum atomic E-state index is 13.2.